The van der Waals surface area contributed by atoms with Gasteiger partial charge in [0.1, 0.15) is 11.5 Å². The number of carbonyl (C=O) groups excluding carboxylic acids is 2. The number of rotatable bonds is 4. The Labute approximate surface area is 151 Å². The van der Waals surface area contributed by atoms with Gasteiger partial charge in [-0.25, -0.2) is 9.78 Å². The summed E-state index contributed by atoms with van der Waals surface area (Å²) < 4.78 is 6.41. The highest BCUT2D eigenvalue weighted by Crippen LogP contribution is 2.25. The fourth-order valence-electron chi connectivity index (χ4n) is 2.88. The number of carboxylic acid groups (broad SMARTS) is 1. The Morgan fingerprint density at radius 2 is 2.22 bits per heavy atom. The number of nitrogens with zero attached hydrogens (tertiary/aromatic N) is 4. The fourth-order valence-corrected chi connectivity index (χ4v) is 2.88. The second kappa shape index (κ2) is 6.52. The Morgan fingerprint density at radius 1 is 1.37 bits per heavy atom. The van der Waals surface area contributed by atoms with Crippen molar-refractivity contribution >= 4 is 23.4 Å². The van der Waals surface area contributed by atoms with Gasteiger partial charge >= 0.3 is 5.97 Å². The molecule has 138 valence electrons. The third kappa shape index (κ3) is 3.21. The number of nitrogens with one attached hydrogen (secondary N) is 2. The average Bonchev–Trinajstić information content (AvgIpc) is 3.13. The summed E-state index contributed by atoms with van der Waals surface area (Å²) in [6, 6.07) is 1.14. The fraction of sp³-hybridized carbons (Fsp3) is 0.250. The van der Waals surface area contributed by atoms with Crippen LogP contribution in [0.25, 0.3) is 5.65 Å². The van der Waals surface area contributed by atoms with Crippen LogP contribution >= 0.6 is 0 Å². The number of amides is 2. The van der Waals surface area contributed by atoms with Crippen LogP contribution in [0.1, 0.15) is 33.8 Å². The molecule has 4 rings (SSSR count). The van der Waals surface area contributed by atoms with Crippen LogP contribution in [0.2, 0.25) is 0 Å². The Hall–Kier alpha value is -3.76. The molecule has 0 fully saturated rings. The van der Waals surface area contributed by atoms with E-state index in [0.29, 0.717) is 18.5 Å². The molecule has 0 saturated carbocycles. The summed E-state index contributed by atoms with van der Waals surface area (Å²) >= 11 is 0. The van der Waals surface area contributed by atoms with Gasteiger partial charge in [-0.1, -0.05) is 5.21 Å². The van der Waals surface area contributed by atoms with Gasteiger partial charge in [0.05, 0.1) is 11.9 Å². The number of aromatic carboxylic acids is 1. The second-order valence-electron chi connectivity index (χ2n) is 5.99. The third-order valence-corrected chi connectivity index (χ3v) is 4.17. The Morgan fingerprint density at radius 3 is 3.04 bits per heavy atom. The van der Waals surface area contributed by atoms with Gasteiger partial charge in [-0.2, -0.15) is 4.52 Å². The third-order valence-electron chi connectivity index (χ3n) is 4.17. The smallest absolute Gasteiger partial charge is 0.354 e. The number of carboxylic acids is 1. The highest BCUT2D eigenvalue weighted by atomic mass is 16.5. The molecule has 2 amide bonds. The lowest BCUT2D eigenvalue weighted by Gasteiger charge is -2.24. The molecule has 3 heterocycles. The van der Waals surface area contributed by atoms with Crippen molar-refractivity contribution in [1.29, 1.82) is 0 Å². The maximum absolute atomic E-state index is 12.4. The maximum Gasteiger partial charge on any atom is 0.354 e. The van der Waals surface area contributed by atoms with Crippen molar-refractivity contribution in [2.45, 2.75) is 12.8 Å². The predicted octanol–water partition coefficient (Wildman–Crippen LogP) is -0.370. The lowest BCUT2D eigenvalue weighted by molar-refractivity contribution is -0.125. The van der Waals surface area contributed by atoms with Gasteiger partial charge in [0.2, 0.25) is 0 Å². The molecule has 2 aromatic heterocycles. The van der Waals surface area contributed by atoms with Crippen LogP contribution in [0.5, 0.6) is 0 Å². The van der Waals surface area contributed by atoms with Gasteiger partial charge in [0, 0.05) is 19.0 Å². The van der Waals surface area contributed by atoms with Gasteiger partial charge in [0.25, 0.3) is 11.8 Å². The van der Waals surface area contributed by atoms with Crippen LogP contribution < -0.4 is 10.6 Å². The zero-order chi connectivity index (χ0) is 19.0. The predicted molar refractivity (Wildman–Crippen MR) is 88.5 cm³/mol. The van der Waals surface area contributed by atoms with E-state index in [1.165, 1.54) is 6.20 Å². The lowest BCUT2D eigenvalue weighted by atomic mass is 10.0. The quantitative estimate of drug-likeness (QED) is 0.660. The molecular weight excluding hydrogens is 356 g/mol. The molecule has 2 aliphatic rings. The van der Waals surface area contributed by atoms with Crippen molar-refractivity contribution in [3.8, 4) is 0 Å². The minimum Gasteiger partial charge on any atom is -0.486 e. The zero-order valence-electron chi connectivity index (χ0n) is 13.9. The van der Waals surface area contributed by atoms with Crippen molar-refractivity contribution < 1.29 is 24.2 Å². The van der Waals surface area contributed by atoms with Crippen LogP contribution in [0.15, 0.2) is 35.4 Å². The standard InChI is InChI=1S/C16H14N6O5/c23-14-7-27-12-2-1-8(3-9(12)20-14)5-17-15(24)10-4-11(16(25)26)22-13(19-10)6-18-21-22/h3-4,6H,1-2,5,7H2,(H,17,24)(H,20,23)(H,25,26). The maximum atomic E-state index is 12.4. The summed E-state index contributed by atoms with van der Waals surface area (Å²) in [7, 11) is 0. The van der Waals surface area contributed by atoms with Crippen LogP contribution in [0.4, 0.5) is 0 Å². The summed E-state index contributed by atoms with van der Waals surface area (Å²) in [5, 5.41) is 21.9. The first-order valence-corrected chi connectivity index (χ1v) is 8.09. The summed E-state index contributed by atoms with van der Waals surface area (Å²) in [4.78, 5) is 39.2. The summed E-state index contributed by atoms with van der Waals surface area (Å²) in [5.41, 5.74) is 1.41. The zero-order valence-corrected chi connectivity index (χ0v) is 13.9. The van der Waals surface area contributed by atoms with E-state index >= 15 is 0 Å². The first-order chi connectivity index (χ1) is 13.0. The summed E-state index contributed by atoms with van der Waals surface area (Å²) in [5.74, 6) is -1.25. The molecule has 0 radical (unpaired) electrons. The first-order valence-electron chi connectivity index (χ1n) is 8.09. The SMILES string of the molecule is O=C1COC2=C(C=C(CNC(=O)c3cc(C(=O)O)n4nncc4n3)CC2)N1. The molecule has 0 atom stereocenters. The number of aromatic nitrogens is 4. The van der Waals surface area contributed by atoms with E-state index in [1.807, 2.05) is 0 Å². The van der Waals surface area contributed by atoms with E-state index in [-0.39, 0.29) is 36.1 Å². The molecule has 1 aliphatic heterocycles. The van der Waals surface area contributed by atoms with Crippen LogP contribution in [0.3, 0.4) is 0 Å². The number of fused-ring (bicyclic) bond motifs is 1. The van der Waals surface area contributed by atoms with Gasteiger partial charge < -0.3 is 20.5 Å². The molecule has 11 nitrogen and oxygen atoms in total. The number of carbonyl (C=O) groups is 3. The van der Waals surface area contributed by atoms with Gasteiger partial charge in [0.15, 0.2) is 17.9 Å². The highest BCUT2D eigenvalue weighted by Gasteiger charge is 2.22. The van der Waals surface area contributed by atoms with E-state index in [0.717, 1.165) is 21.9 Å². The molecule has 1 aliphatic carbocycles. The van der Waals surface area contributed by atoms with E-state index in [1.54, 1.807) is 6.08 Å². The Balaban J connectivity index is 1.50. The molecule has 0 saturated heterocycles. The molecular formula is C16H14N6O5. The molecule has 27 heavy (non-hydrogen) atoms. The van der Waals surface area contributed by atoms with Crippen molar-refractivity contribution in [3.05, 3.63) is 46.8 Å². The first kappa shape index (κ1) is 16.7. The molecule has 0 bridgehead atoms. The van der Waals surface area contributed by atoms with E-state index in [4.69, 9.17) is 4.74 Å². The van der Waals surface area contributed by atoms with Crippen molar-refractivity contribution in [1.82, 2.24) is 30.4 Å². The lowest BCUT2D eigenvalue weighted by Crippen LogP contribution is -2.34. The van der Waals surface area contributed by atoms with Crippen LogP contribution in [-0.2, 0) is 9.53 Å². The molecule has 0 aromatic carbocycles. The van der Waals surface area contributed by atoms with Crippen LogP contribution in [-0.4, -0.2) is 55.9 Å². The van der Waals surface area contributed by atoms with Crippen molar-refractivity contribution in [2.24, 2.45) is 0 Å². The number of hydrogen-bond acceptors (Lipinski definition) is 7. The Kier molecular flexibility index (Phi) is 4.03. The number of hydrogen-bond donors (Lipinski definition) is 3. The molecule has 11 heteroatoms. The summed E-state index contributed by atoms with van der Waals surface area (Å²) in [6.07, 6.45) is 4.35. The second-order valence-corrected chi connectivity index (χ2v) is 5.99. The van der Waals surface area contributed by atoms with Crippen molar-refractivity contribution in [2.75, 3.05) is 13.2 Å². The van der Waals surface area contributed by atoms with E-state index in [9.17, 15) is 19.5 Å². The van der Waals surface area contributed by atoms with Crippen LogP contribution in [0, 0.1) is 0 Å². The van der Waals surface area contributed by atoms with E-state index in [2.05, 4.69) is 25.9 Å². The monoisotopic (exact) mass is 370 g/mol. The number of allylic oxidation sites excluding steroid dienone is 2. The largest absolute Gasteiger partial charge is 0.486 e. The average molecular weight is 370 g/mol. The molecule has 3 N–H and O–H groups in total. The van der Waals surface area contributed by atoms with Gasteiger partial charge in [-0.05, 0) is 18.1 Å². The van der Waals surface area contributed by atoms with Crippen molar-refractivity contribution in [3.63, 3.8) is 0 Å². The highest BCUT2D eigenvalue weighted by molar-refractivity contribution is 5.96. The minimum absolute atomic E-state index is 0.0161. The molecule has 2 aromatic rings. The normalized spacial score (nSPS) is 16.3. The molecule has 0 unspecified atom stereocenters. The molecule has 0 spiro atoms. The Bertz CT molecular complexity index is 1040. The van der Waals surface area contributed by atoms with Gasteiger partial charge in [-0.15, -0.1) is 5.10 Å². The minimum atomic E-state index is -1.25. The summed E-state index contributed by atoms with van der Waals surface area (Å²) in [6.45, 7) is 0.251. The van der Waals surface area contributed by atoms with E-state index < -0.39 is 11.9 Å². The van der Waals surface area contributed by atoms with Gasteiger partial charge in [-0.3, -0.25) is 9.59 Å². The topological polar surface area (TPSA) is 148 Å². The number of ether oxygens (including phenoxy) is 1.